The highest BCUT2D eigenvalue weighted by atomic mass is 35.5. The lowest BCUT2D eigenvalue weighted by Gasteiger charge is -2.05. The average molecular weight is 198 g/mol. The Morgan fingerprint density at radius 2 is 2.23 bits per heavy atom. The highest BCUT2D eigenvalue weighted by molar-refractivity contribution is 6.32. The van der Waals surface area contributed by atoms with Gasteiger partial charge in [0.05, 0.1) is 0 Å². The van der Waals surface area contributed by atoms with Crippen LogP contribution in [0.5, 0.6) is 0 Å². The molecule has 1 aromatic rings. The first-order valence-corrected chi connectivity index (χ1v) is 4.04. The Bertz CT molecular complexity index is 349. The number of anilines is 1. The summed E-state index contributed by atoms with van der Waals surface area (Å²) in [7, 11) is 0. The van der Waals surface area contributed by atoms with Gasteiger partial charge in [0, 0.05) is 10.7 Å². The molecule has 68 valence electrons. The number of carbonyl (C=O) groups is 2. The van der Waals surface area contributed by atoms with Gasteiger partial charge in [-0.3, -0.25) is 9.59 Å². The van der Waals surface area contributed by atoms with E-state index in [2.05, 4.69) is 5.32 Å². The second-order valence-corrected chi connectivity index (χ2v) is 2.93. The minimum atomic E-state index is -0.676. The molecule has 0 bridgehead atoms. The maximum Gasteiger partial charge on any atom is 0.288 e. The number of benzene rings is 1. The lowest BCUT2D eigenvalue weighted by molar-refractivity contribution is -0.127. The molecule has 0 aromatic heterocycles. The van der Waals surface area contributed by atoms with Crippen LogP contribution in [-0.4, -0.2) is 12.2 Å². The molecule has 0 saturated carbocycles. The molecule has 1 aromatic carbocycles. The zero-order valence-electron chi connectivity index (χ0n) is 7.00. The topological polar surface area (TPSA) is 46.2 Å². The van der Waals surface area contributed by atoms with Gasteiger partial charge in [0.25, 0.3) is 5.91 Å². The van der Waals surface area contributed by atoms with Crippen molar-refractivity contribution in [2.24, 2.45) is 0 Å². The fourth-order valence-electron chi connectivity index (χ4n) is 0.905. The molecule has 0 radical (unpaired) electrons. The van der Waals surface area contributed by atoms with Crippen LogP contribution < -0.4 is 5.32 Å². The zero-order valence-corrected chi connectivity index (χ0v) is 7.76. The molecule has 1 N–H and O–H groups in total. The van der Waals surface area contributed by atoms with Crippen molar-refractivity contribution < 1.29 is 9.59 Å². The molecule has 3 nitrogen and oxygen atoms in total. The monoisotopic (exact) mass is 197 g/mol. The predicted molar refractivity (Wildman–Crippen MR) is 50.9 cm³/mol. The summed E-state index contributed by atoms with van der Waals surface area (Å²) in [4.78, 5) is 20.8. The number of amides is 1. The number of hydrogen-bond acceptors (Lipinski definition) is 2. The summed E-state index contributed by atoms with van der Waals surface area (Å²) in [5.74, 6) is -0.676. The molecule has 0 aliphatic heterocycles. The highest BCUT2D eigenvalue weighted by Crippen LogP contribution is 2.22. The Balaban J connectivity index is 2.95. The fourth-order valence-corrected chi connectivity index (χ4v) is 1.08. The first-order chi connectivity index (χ1) is 6.15. The summed E-state index contributed by atoms with van der Waals surface area (Å²) in [5, 5.41) is 2.97. The molecule has 0 heterocycles. The number of halogens is 1. The Morgan fingerprint density at radius 3 is 2.85 bits per heavy atom. The summed E-state index contributed by atoms with van der Waals surface area (Å²) < 4.78 is 0. The van der Waals surface area contributed by atoms with Crippen molar-refractivity contribution in [2.75, 3.05) is 5.32 Å². The van der Waals surface area contributed by atoms with Gasteiger partial charge in [-0.1, -0.05) is 17.7 Å². The number of hydrogen-bond donors (Lipinski definition) is 1. The van der Waals surface area contributed by atoms with E-state index in [0.717, 1.165) is 5.56 Å². The van der Waals surface area contributed by atoms with Crippen LogP contribution in [0.25, 0.3) is 0 Å². The first-order valence-electron chi connectivity index (χ1n) is 3.66. The van der Waals surface area contributed by atoms with Gasteiger partial charge in [0.2, 0.25) is 6.29 Å². The maximum absolute atomic E-state index is 10.7. The van der Waals surface area contributed by atoms with Crippen molar-refractivity contribution in [3.05, 3.63) is 28.8 Å². The molecule has 0 atom stereocenters. The van der Waals surface area contributed by atoms with Gasteiger partial charge < -0.3 is 5.32 Å². The van der Waals surface area contributed by atoms with Crippen LogP contribution in [0.15, 0.2) is 18.2 Å². The van der Waals surface area contributed by atoms with Crippen molar-refractivity contribution in [2.45, 2.75) is 6.92 Å². The van der Waals surface area contributed by atoms with Crippen LogP contribution in [0.2, 0.25) is 5.02 Å². The summed E-state index contributed by atoms with van der Waals surface area (Å²) in [6.45, 7) is 1.77. The third kappa shape index (κ3) is 2.29. The van der Waals surface area contributed by atoms with E-state index in [-0.39, 0.29) is 6.29 Å². The number of carbonyl (C=O) groups excluding carboxylic acids is 2. The Kier molecular flexibility index (Phi) is 3.03. The predicted octanol–water partition coefficient (Wildman–Crippen LogP) is 1.79. The lowest BCUT2D eigenvalue weighted by atomic mass is 10.2. The van der Waals surface area contributed by atoms with Crippen molar-refractivity contribution in [1.29, 1.82) is 0 Å². The van der Waals surface area contributed by atoms with Crippen LogP contribution in [0, 0.1) is 6.92 Å². The maximum atomic E-state index is 10.7. The van der Waals surface area contributed by atoms with E-state index in [0.29, 0.717) is 10.7 Å². The normalized spacial score (nSPS) is 9.38. The average Bonchev–Trinajstić information content (AvgIpc) is 2.13. The van der Waals surface area contributed by atoms with Crippen molar-refractivity contribution in [1.82, 2.24) is 0 Å². The van der Waals surface area contributed by atoms with Gasteiger partial charge in [-0.05, 0) is 24.6 Å². The Labute approximate surface area is 80.7 Å². The van der Waals surface area contributed by atoms with Crippen LogP contribution in [-0.2, 0) is 9.59 Å². The molecule has 0 spiro atoms. The molecule has 0 saturated heterocycles. The number of nitrogens with one attached hydrogen (secondary N) is 1. The molecule has 1 rings (SSSR count). The molecule has 0 unspecified atom stereocenters. The van der Waals surface area contributed by atoms with E-state index < -0.39 is 5.91 Å². The molecule has 0 aliphatic rings. The van der Waals surface area contributed by atoms with Crippen LogP contribution >= 0.6 is 11.6 Å². The molecule has 0 aliphatic carbocycles. The summed E-state index contributed by atoms with van der Waals surface area (Å²) in [6, 6.07) is 5.10. The van der Waals surface area contributed by atoms with Gasteiger partial charge in [-0.2, -0.15) is 0 Å². The SMILES string of the molecule is Cc1c(Cl)cccc1NC(=O)C=O. The van der Waals surface area contributed by atoms with Crippen LogP contribution in [0.3, 0.4) is 0 Å². The Morgan fingerprint density at radius 1 is 1.54 bits per heavy atom. The minimum Gasteiger partial charge on any atom is -0.319 e. The zero-order chi connectivity index (χ0) is 9.84. The summed E-state index contributed by atoms with van der Waals surface area (Å²) in [5.41, 5.74) is 1.31. The van der Waals surface area contributed by atoms with Crippen molar-refractivity contribution in [3.63, 3.8) is 0 Å². The fraction of sp³-hybridized carbons (Fsp3) is 0.111. The Hall–Kier alpha value is -1.35. The van der Waals surface area contributed by atoms with E-state index in [4.69, 9.17) is 11.6 Å². The molecule has 1 amide bonds. The minimum absolute atomic E-state index is 0.223. The highest BCUT2D eigenvalue weighted by Gasteiger charge is 2.04. The van der Waals surface area contributed by atoms with E-state index in [1.165, 1.54) is 0 Å². The number of rotatable bonds is 2. The third-order valence-corrected chi connectivity index (χ3v) is 2.04. The van der Waals surface area contributed by atoms with Crippen LogP contribution in [0.1, 0.15) is 5.56 Å². The van der Waals surface area contributed by atoms with Gasteiger partial charge in [-0.25, -0.2) is 0 Å². The van der Waals surface area contributed by atoms with Gasteiger partial charge >= 0.3 is 0 Å². The van der Waals surface area contributed by atoms with Crippen LogP contribution in [0.4, 0.5) is 5.69 Å². The van der Waals surface area contributed by atoms with E-state index in [1.807, 2.05) is 0 Å². The molecule has 0 fully saturated rings. The van der Waals surface area contributed by atoms with Gasteiger partial charge in [0.1, 0.15) is 0 Å². The van der Waals surface area contributed by atoms with Crippen molar-refractivity contribution >= 4 is 29.5 Å². The molecular formula is C9H8ClNO2. The molecular weight excluding hydrogens is 190 g/mol. The largest absolute Gasteiger partial charge is 0.319 e. The van der Waals surface area contributed by atoms with E-state index in [9.17, 15) is 9.59 Å². The standard InChI is InChI=1S/C9H8ClNO2/c1-6-7(10)3-2-4-8(6)11-9(13)5-12/h2-5H,1H3,(H,11,13). The summed E-state index contributed by atoms with van der Waals surface area (Å²) in [6.07, 6.45) is 0.223. The smallest absolute Gasteiger partial charge is 0.288 e. The summed E-state index contributed by atoms with van der Waals surface area (Å²) >= 11 is 5.80. The van der Waals surface area contributed by atoms with Gasteiger partial charge in [0.15, 0.2) is 0 Å². The second kappa shape index (κ2) is 4.05. The molecule has 13 heavy (non-hydrogen) atoms. The van der Waals surface area contributed by atoms with Crippen molar-refractivity contribution in [3.8, 4) is 0 Å². The number of aldehydes is 1. The quantitative estimate of drug-likeness (QED) is 0.580. The van der Waals surface area contributed by atoms with E-state index >= 15 is 0 Å². The molecule has 4 heteroatoms. The van der Waals surface area contributed by atoms with E-state index in [1.54, 1.807) is 25.1 Å². The second-order valence-electron chi connectivity index (χ2n) is 2.52. The van der Waals surface area contributed by atoms with Gasteiger partial charge in [-0.15, -0.1) is 0 Å². The lowest BCUT2D eigenvalue weighted by Crippen LogP contribution is -2.13. The third-order valence-electron chi connectivity index (χ3n) is 1.63. The first kappa shape index (κ1) is 9.74.